The van der Waals surface area contributed by atoms with E-state index < -0.39 is 0 Å². The van der Waals surface area contributed by atoms with Crippen LogP contribution in [0.5, 0.6) is 5.75 Å². The Balaban J connectivity index is 1.65. The van der Waals surface area contributed by atoms with Gasteiger partial charge in [0.05, 0.1) is 25.3 Å². The number of nitrogens with one attached hydrogen (secondary N) is 1. The number of aryl methyl sites for hydroxylation is 1. The Kier molecular flexibility index (Phi) is 8.75. The predicted octanol–water partition coefficient (Wildman–Crippen LogP) is 4.58. The second-order valence-corrected chi connectivity index (χ2v) is 8.29. The molecule has 162 valence electrons. The van der Waals surface area contributed by atoms with Crippen LogP contribution in [0.3, 0.4) is 0 Å². The molecule has 0 atom stereocenters. The maximum absolute atomic E-state index is 6.27. The molecule has 1 heterocycles. The van der Waals surface area contributed by atoms with Crippen LogP contribution in [0.2, 0.25) is 5.02 Å². The average molecular weight is 448 g/mol. The first-order valence-corrected chi connectivity index (χ1v) is 11.1. The monoisotopic (exact) mass is 447 g/mol. The van der Waals surface area contributed by atoms with Gasteiger partial charge in [-0.2, -0.15) is 0 Å². The topological polar surface area (TPSA) is 37.0 Å². The van der Waals surface area contributed by atoms with Gasteiger partial charge in [0.25, 0.3) is 0 Å². The van der Waals surface area contributed by atoms with Crippen molar-refractivity contribution in [1.82, 2.24) is 9.80 Å². The zero-order valence-electron chi connectivity index (χ0n) is 17.7. The summed E-state index contributed by atoms with van der Waals surface area (Å²) in [7, 11) is 1.61. The molecule has 0 bridgehead atoms. The molecule has 0 amide bonds. The number of methoxy groups -OCH3 is 1. The summed E-state index contributed by atoms with van der Waals surface area (Å²) in [6, 6.07) is 14.2. The summed E-state index contributed by atoms with van der Waals surface area (Å²) in [6.45, 7) is 8.46. The van der Waals surface area contributed by atoms with Crippen LogP contribution in [-0.4, -0.2) is 61.4 Å². The molecule has 7 heteroatoms. The number of morpholine rings is 1. The highest BCUT2D eigenvalue weighted by Gasteiger charge is 2.14. The first kappa shape index (κ1) is 22.8. The predicted molar refractivity (Wildman–Crippen MR) is 128 cm³/mol. The molecule has 3 rings (SSSR count). The summed E-state index contributed by atoms with van der Waals surface area (Å²) in [5.74, 6) is 0.648. The van der Waals surface area contributed by atoms with Gasteiger partial charge in [0.2, 0.25) is 0 Å². The van der Waals surface area contributed by atoms with E-state index in [4.69, 9.17) is 33.3 Å². The molecule has 0 unspecified atom stereocenters. The van der Waals surface area contributed by atoms with Gasteiger partial charge in [-0.3, -0.25) is 4.90 Å². The van der Waals surface area contributed by atoms with Crippen molar-refractivity contribution in [2.45, 2.75) is 19.9 Å². The van der Waals surface area contributed by atoms with Gasteiger partial charge in [0, 0.05) is 38.4 Å². The summed E-state index contributed by atoms with van der Waals surface area (Å²) >= 11 is 12.0. The van der Waals surface area contributed by atoms with Gasteiger partial charge in [-0.1, -0.05) is 41.4 Å². The van der Waals surface area contributed by atoms with Gasteiger partial charge in [-0.25, -0.2) is 0 Å². The molecule has 1 saturated heterocycles. The number of benzene rings is 2. The van der Waals surface area contributed by atoms with Crippen molar-refractivity contribution < 1.29 is 9.47 Å². The van der Waals surface area contributed by atoms with Crippen LogP contribution in [0, 0.1) is 6.92 Å². The lowest BCUT2D eigenvalue weighted by Crippen LogP contribution is -2.40. The minimum Gasteiger partial charge on any atom is -0.495 e. The second kappa shape index (κ2) is 11.5. The van der Waals surface area contributed by atoms with E-state index in [9.17, 15) is 0 Å². The van der Waals surface area contributed by atoms with Crippen LogP contribution in [0.25, 0.3) is 0 Å². The van der Waals surface area contributed by atoms with Crippen LogP contribution < -0.4 is 10.1 Å². The van der Waals surface area contributed by atoms with Gasteiger partial charge in [-0.15, -0.1) is 0 Å². The van der Waals surface area contributed by atoms with Gasteiger partial charge < -0.3 is 19.7 Å². The first-order chi connectivity index (χ1) is 14.5. The molecule has 0 spiro atoms. The van der Waals surface area contributed by atoms with Crippen molar-refractivity contribution in [2.75, 3.05) is 51.8 Å². The fourth-order valence-electron chi connectivity index (χ4n) is 3.54. The molecule has 0 aliphatic carbocycles. The number of ether oxygens (including phenoxy) is 2. The van der Waals surface area contributed by atoms with Crippen LogP contribution >= 0.6 is 23.8 Å². The third kappa shape index (κ3) is 6.84. The molecule has 0 aromatic heterocycles. The highest BCUT2D eigenvalue weighted by Crippen LogP contribution is 2.27. The van der Waals surface area contributed by atoms with Crippen molar-refractivity contribution in [1.29, 1.82) is 0 Å². The second-order valence-electron chi connectivity index (χ2n) is 7.50. The van der Waals surface area contributed by atoms with E-state index >= 15 is 0 Å². The number of nitrogens with zero attached hydrogens (tertiary/aromatic N) is 2. The molecule has 2 aromatic rings. The largest absolute Gasteiger partial charge is 0.495 e. The quantitative estimate of drug-likeness (QED) is 0.597. The van der Waals surface area contributed by atoms with Crippen LogP contribution in [0.15, 0.2) is 42.5 Å². The molecule has 5 nitrogen and oxygen atoms in total. The highest BCUT2D eigenvalue weighted by atomic mass is 35.5. The minimum atomic E-state index is 0.558. The highest BCUT2D eigenvalue weighted by molar-refractivity contribution is 7.80. The first-order valence-electron chi connectivity index (χ1n) is 10.3. The Morgan fingerprint density at radius 1 is 1.23 bits per heavy atom. The number of hydrogen-bond acceptors (Lipinski definition) is 4. The summed E-state index contributed by atoms with van der Waals surface area (Å²) in [4.78, 5) is 4.68. The van der Waals surface area contributed by atoms with E-state index in [1.54, 1.807) is 7.11 Å². The Bertz CT molecular complexity index is 843. The molecule has 1 aliphatic rings. The SMILES string of the molecule is COc1ccc(NC(=S)N(CCCN2CCOCC2)Cc2cccc(C)c2)cc1Cl. The van der Waals surface area contributed by atoms with Crippen molar-refractivity contribution >= 4 is 34.6 Å². The molecule has 0 saturated carbocycles. The number of anilines is 1. The Labute approximate surface area is 189 Å². The smallest absolute Gasteiger partial charge is 0.173 e. The fraction of sp³-hybridized carbons (Fsp3) is 0.435. The fourth-order valence-corrected chi connectivity index (χ4v) is 4.07. The summed E-state index contributed by atoms with van der Waals surface area (Å²) < 4.78 is 10.7. The van der Waals surface area contributed by atoms with Crippen LogP contribution in [-0.2, 0) is 11.3 Å². The standard InChI is InChI=1S/C23H30ClN3O2S/c1-18-5-3-6-19(15-18)17-27(10-4-9-26-11-13-29-14-12-26)23(30)25-20-7-8-22(28-2)21(24)16-20/h3,5-8,15-16H,4,9-14,17H2,1-2H3,(H,25,30). The molecule has 1 fully saturated rings. The van der Waals surface area contributed by atoms with Gasteiger partial charge >= 0.3 is 0 Å². The summed E-state index contributed by atoms with van der Waals surface area (Å²) in [5.41, 5.74) is 3.35. The van der Waals surface area contributed by atoms with E-state index in [0.717, 1.165) is 58.0 Å². The molecule has 0 radical (unpaired) electrons. The van der Waals surface area contributed by atoms with Crippen molar-refractivity contribution in [3.63, 3.8) is 0 Å². The van der Waals surface area contributed by atoms with E-state index in [2.05, 4.69) is 46.3 Å². The number of rotatable bonds is 8. The molecule has 1 aliphatic heterocycles. The molecular formula is C23H30ClN3O2S. The number of thiocarbonyl (C=S) groups is 1. The number of halogens is 1. The maximum Gasteiger partial charge on any atom is 0.173 e. The lowest BCUT2D eigenvalue weighted by molar-refractivity contribution is 0.0368. The van der Waals surface area contributed by atoms with Gasteiger partial charge in [0.15, 0.2) is 5.11 Å². The van der Waals surface area contributed by atoms with E-state index in [-0.39, 0.29) is 0 Å². The number of hydrogen-bond donors (Lipinski definition) is 1. The third-order valence-corrected chi connectivity index (χ3v) is 5.81. The summed E-state index contributed by atoms with van der Waals surface area (Å²) in [5, 5.41) is 4.59. The minimum absolute atomic E-state index is 0.558. The Morgan fingerprint density at radius 2 is 2.03 bits per heavy atom. The lowest BCUT2D eigenvalue weighted by atomic mass is 10.1. The van der Waals surface area contributed by atoms with Crippen molar-refractivity contribution in [3.05, 3.63) is 58.6 Å². The normalized spacial score (nSPS) is 14.4. The van der Waals surface area contributed by atoms with Gasteiger partial charge in [-0.05, 0) is 49.3 Å². The molecule has 30 heavy (non-hydrogen) atoms. The van der Waals surface area contributed by atoms with Gasteiger partial charge in [0.1, 0.15) is 5.75 Å². The maximum atomic E-state index is 6.27. The third-order valence-electron chi connectivity index (χ3n) is 5.15. The van der Waals surface area contributed by atoms with Crippen molar-refractivity contribution in [2.24, 2.45) is 0 Å². The average Bonchev–Trinajstić information content (AvgIpc) is 2.74. The van der Waals surface area contributed by atoms with Crippen LogP contribution in [0.4, 0.5) is 5.69 Å². The lowest BCUT2D eigenvalue weighted by Gasteiger charge is -2.30. The van der Waals surface area contributed by atoms with Crippen LogP contribution in [0.1, 0.15) is 17.5 Å². The molecule has 1 N–H and O–H groups in total. The van der Waals surface area contributed by atoms with Crippen molar-refractivity contribution in [3.8, 4) is 5.75 Å². The van der Waals surface area contributed by atoms with E-state index in [1.807, 2.05) is 18.2 Å². The Hall–Kier alpha value is -1.86. The zero-order chi connectivity index (χ0) is 21.3. The van der Waals surface area contributed by atoms with E-state index in [1.165, 1.54) is 11.1 Å². The van der Waals surface area contributed by atoms with E-state index in [0.29, 0.717) is 15.9 Å². The zero-order valence-corrected chi connectivity index (χ0v) is 19.3. The Morgan fingerprint density at radius 3 is 2.73 bits per heavy atom. The summed E-state index contributed by atoms with van der Waals surface area (Å²) in [6.07, 6.45) is 1.04. The molecule has 2 aromatic carbocycles. The molecular weight excluding hydrogens is 418 g/mol.